The van der Waals surface area contributed by atoms with Gasteiger partial charge in [0.15, 0.2) is 0 Å². The SMILES string of the molecule is CN1CC(CC(C)(F)F)=CC1=O. The number of rotatable bonds is 2. The highest BCUT2D eigenvalue weighted by Crippen LogP contribution is 2.24. The number of likely N-dealkylation sites (N-methyl/N-ethyl adjacent to an activating group) is 1. The van der Waals surface area contributed by atoms with Crippen LogP contribution in [0.4, 0.5) is 8.78 Å². The maximum absolute atomic E-state index is 12.5. The molecule has 0 atom stereocenters. The molecule has 0 bridgehead atoms. The van der Waals surface area contributed by atoms with Crippen molar-refractivity contribution in [2.75, 3.05) is 13.6 Å². The van der Waals surface area contributed by atoms with E-state index in [-0.39, 0.29) is 12.3 Å². The van der Waals surface area contributed by atoms with E-state index in [1.807, 2.05) is 0 Å². The van der Waals surface area contributed by atoms with Gasteiger partial charge in [-0.1, -0.05) is 0 Å². The van der Waals surface area contributed by atoms with Crippen molar-refractivity contribution in [3.63, 3.8) is 0 Å². The van der Waals surface area contributed by atoms with E-state index in [9.17, 15) is 13.6 Å². The third kappa shape index (κ3) is 2.29. The van der Waals surface area contributed by atoms with Gasteiger partial charge in [0.1, 0.15) is 0 Å². The number of carbonyl (C=O) groups is 1. The first-order chi connectivity index (χ1) is 5.38. The summed E-state index contributed by atoms with van der Waals surface area (Å²) in [5, 5.41) is 0. The summed E-state index contributed by atoms with van der Waals surface area (Å²) >= 11 is 0. The van der Waals surface area contributed by atoms with Gasteiger partial charge in [-0.05, 0) is 12.5 Å². The highest BCUT2D eigenvalue weighted by atomic mass is 19.3. The summed E-state index contributed by atoms with van der Waals surface area (Å²) in [4.78, 5) is 12.3. The van der Waals surface area contributed by atoms with Gasteiger partial charge in [-0.2, -0.15) is 0 Å². The summed E-state index contributed by atoms with van der Waals surface area (Å²) in [5.74, 6) is -2.90. The van der Waals surface area contributed by atoms with Crippen molar-refractivity contribution < 1.29 is 13.6 Å². The molecule has 12 heavy (non-hydrogen) atoms. The number of hydrogen-bond donors (Lipinski definition) is 0. The van der Waals surface area contributed by atoms with Crippen molar-refractivity contribution in [1.29, 1.82) is 0 Å². The second-order valence-corrected chi connectivity index (χ2v) is 3.24. The molecule has 0 radical (unpaired) electrons. The van der Waals surface area contributed by atoms with Gasteiger partial charge < -0.3 is 4.90 Å². The van der Waals surface area contributed by atoms with Gasteiger partial charge in [0.05, 0.1) is 0 Å². The summed E-state index contributed by atoms with van der Waals surface area (Å²) in [6.45, 7) is 1.19. The Morgan fingerprint density at radius 2 is 2.25 bits per heavy atom. The lowest BCUT2D eigenvalue weighted by atomic mass is 10.1. The Kier molecular flexibility index (Phi) is 2.17. The van der Waals surface area contributed by atoms with Crippen LogP contribution in [0.25, 0.3) is 0 Å². The summed E-state index contributed by atoms with van der Waals surface area (Å²) in [7, 11) is 1.60. The molecule has 0 unspecified atom stereocenters. The molecule has 2 nitrogen and oxygen atoms in total. The molecule has 1 aliphatic heterocycles. The van der Waals surface area contributed by atoms with Gasteiger partial charge in [-0.15, -0.1) is 0 Å². The molecule has 1 rings (SSSR count). The van der Waals surface area contributed by atoms with E-state index < -0.39 is 5.92 Å². The van der Waals surface area contributed by atoms with E-state index in [1.54, 1.807) is 7.05 Å². The van der Waals surface area contributed by atoms with Gasteiger partial charge in [0.25, 0.3) is 0 Å². The molecule has 0 saturated heterocycles. The molecule has 0 aromatic rings. The van der Waals surface area contributed by atoms with Crippen LogP contribution in [0.15, 0.2) is 11.6 Å². The molecule has 1 heterocycles. The van der Waals surface area contributed by atoms with Crippen molar-refractivity contribution in [3.8, 4) is 0 Å². The van der Waals surface area contributed by atoms with Crippen LogP contribution in [-0.4, -0.2) is 30.3 Å². The average molecular weight is 175 g/mol. The van der Waals surface area contributed by atoms with Crippen LogP contribution in [0, 0.1) is 0 Å². The van der Waals surface area contributed by atoms with Crippen molar-refractivity contribution in [2.24, 2.45) is 0 Å². The predicted molar refractivity (Wildman–Crippen MR) is 41.0 cm³/mol. The third-order valence-corrected chi connectivity index (χ3v) is 1.68. The van der Waals surface area contributed by atoms with E-state index >= 15 is 0 Å². The molecule has 0 N–H and O–H groups in total. The Balaban J connectivity index is 2.57. The second kappa shape index (κ2) is 2.84. The van der Waals surface area contributed by atoms with Crippen molar-refractivity contribution in [2.45, 2.75) is 19.3 Å². The highest BCUT2D eigenvalue weighted by molar-refractivity contribution is 5.90. The molecule has 1 amide bonds. The normalized spacial score (nSPS) is 18.5. The molecule has 1 aliphatic rings. The zero-order valence-corrected chi connectivity index (χ0v) is 7.10. The number of halogens is 2. The Morgan fingerprint density at radius 3 is 2.58 bits per heavy atom. The molecule has 4 heteroatoms. The summed E-state index contributed by atoms with van der Waals surface area (Å²) in [6.07, 6.45) is 0.973. The lowest BCUT2D eigenvalue weighted by Gasteiger charge is -2.12. The number of hydrogen-bond acceptors (Lipinski definition) is 1. The molecule has 0 aliphatic carbocycles. The standard InChI is InChI=1S/C8H11F2NO/c1-8(9,10)4-6-3-7(12)11(2)5-6/h3H,4-5H2,1-2H3. The first kappa shape index (κ1) is 9.16. The van der Waals surface area contributed by atoms with Gasteiger partial charge in [-0.3, -0.25) is 4.79 Å². The smallest absolute Gasteiger partial charge is 0.249 e. The van der Waals surface area contributed by atoms with Crippen LogP contribution in [0.3, 0.4) is 0 Å². The lowest BCUT2D eigenvalue weighted by molar-refractivity contribution is -0.123. The second-order valence-electron chi connectivity index (χ2n) is 3.24. The van der Waals surface area contributed by atoms with Crippen molar-refractivity contribution in [1.82, 2.24) is 4.90 Å². The Labute approximate surface area is 69.9 Å². The largest absolute Gasteiger partial charge is 0.338 e. The fraction of sp³-hybridized carbons (Fsp3) is 0.625. The molecule has 0 aromatic heterocycles. The first-order valence-electron chi connectivity index (χ1n) is 3.71. The van der Waals surface area contributed by atoms with Gasteiger partial charge in [0, 0.05) is 26.1 Å². The predicted octanol–water partition coefficient (Wildman–Crippen LogP) is 1.43. The molecule has 0 spiro atoms. The summed E-state index contributed by atoms with van der Waals surface area (Å²) < 4.78 is 24.9. The number of carbonyl (C=O) groups excluding carboxylic acids is 1. The van der Waals surface area contributed by atoms with Crippen LogP contribution < -0.4 is 0 Å². The molecular weight excluding hydrogens is 164 g/mol. The zero-order chi connectivity index (χ0) is 9.35. The molecule has 0 saturated carbocycles. The number of amides is 1. The maximum Gasteiger partial charge on any atom is 0.249 e. The van der Waals surface area contributed by atoms with Crippen molar-refractivity contribution >= 4 is 5.91 Å². The summed E-state index contributed by atoms with van der Waals surface area (Å²) in [5.41, 5.74) is 0.509. The minimum atomic E-state index is -2.71. The van der Waals surface area contributed by atoms with E-state index in [4.69, 9.17) is 0 Å². The van der Waals surface area contributed by atoms with Crippen LogP contribution in [-0.2, 0) is 4.79 Å². The van der Waals surface area contributed by atoms with Gasteiger partial charge in [-0.25, -0.2) is 8.78 Å². The number of nitrogens with zero attached hydrogens (tertiary/aromatic N) is 1. The van der Waals surface area contributed by atoms with E-state index in [0.29, 0.717) is 12.1 Å². The fourth-order valence-corrected chi connectivity index (χ4v) is 1.22. The summed E-state index contributed by atoms with van der Waals surface area (Å²) in [6, 6.07) is 0. The van der Waals surface area contributed by atoms with Crippen LogP contribution in [0.1, 0.15) is 13.3 Å². The third-order valence-electron chi connectivity index (χ3n) is 1.68. The Bertz CT molecular complexity index is 230. The minimum absolute atomic E-state index is 0.186. The molecule has 0 fully saturated rings. The van der Waals surface area contributed by atoms with Gasteiger partial charge in [0.2, 0.25) is 11.8 Å². The Hall–Kier alpha value is -0.930. The maximum atomic E-state index is 12.5. The molecular formula is C8H11F2NO. The fourth-order valence-electron chi connectivity index (χ4n) is 1.22. The first-order valence-corrected chi connectivity index (χ1v) is 3.71. The van der Waals surface area contributed by atoms with E-state index in [0.717, 1.165) is 6.92 Å². The molecule has 0 aromatic carbocycles. The minimum Gasteiger partial charge on any atom is -0.338 e. The van der Waals surface area contributed by atoms with E-state index in [2.05, 4.69) is 0 Å². The van der Waals surface area contributed by atoms with E-state index in [1.165, 1.54) is 11.0 Å². The van der Waals surface area contributed by atoms with Crippen LogP contribution in [0.2, 0.25) is 0 Å². The van der Waals surface area contributed by atoms with Crippen LogP contribution in [0.5, 0.6) is 0 Å². The monoisotopic (exact) mass is 175 g/mol. The number of alkyl halides is 2. The molecule has 68 valence electrons. The van der Waals surface area contributed by atoms with Gasteiger partial charge >= 0.3 is 0 Å². The quantitative estimate of drug-likeness (QED) is 0.621. The average Bonchev–Trinajstić information content (AvgIpc) is 2.07. The Morgan fingerprint density at radius 1 is 1.67 bits per heavy atom. The van der Waals surface area contributed by atoms with Crippen molar-refractivity contribution in [3.05, 3.63) is 11.6 Å². The zero-order valence-electron chi connectivity index (χ0n) is 7.10. The van der Waals surface area contributed by atoms with Crippen LogP contribution >= 0.6 is 0 Å². The highest BCUT2D eigenvalue weighted by Gasteiger charge is 2.27. The lowest BCUT2D eigenvalue weighted by Crippen LogP contribution is -2.21. The topological polar surface area (TPSA) is 20.3 Å².